The van der Waals surface area contributed by atoms with E-state index in [9.17, 15) is 14.7 Å². The van der Waals surface area contributed by atoms with Crippen LogP contribution >= 0.6 is 0 Å². The van der Waals surface area contributed by atoms with E-state index < -0.39 is 23.6 Å². The Kier molecular flexibility index (Phi) is 6.09. The summed E-state index contributed by atoms with van der Waals surface area (Å²) in [6.45, 7) is 3.75. The first-order valence-corrected chi connectivity index (χ1v) is 9.61. The molecule has 9 nitrogen and oxygen atoms in total. The molecule has 1 aromatic carbocycles. The number of carboxylic acid groups (broad SMARTS) is 1. The van der Waals surface area contributed by atoms with Crippen LogP contribution in [0.25, 0.3) is 0 Å². The van der Waals surface area contributed by atoms with E-state index in [0.29, 0.717) is 30.0 Å². The van der Waals surface area contributed by atoms with E-state index in [1.165, 1.54) is 6.20 Å². The zero-order valence-electron chi connectivity index (χ0n) is 17.4. The molecule has 0 bridgehead atoms. The minimum absolute atomic E-state index is 0.0599. The Morgan fingerprint density at radius 2 is 1.97 bits per heavy atom. The third-order valence-electron chi connectivity index (χ3n) is 5.05. The summed E-state index contributed by atoms with van der Waals surface area (Å²) in [5.41, 5.74) is 0.327. The number of carboxylic acids is 1. The SMILES string of the molecule is CCCc1nc(NC2CC(C)(c3cc(OC)cc(OC)c3)OC2=O)ncc1C(=O)O. The number of cyclic esters (lactones) is 1. The van der Waals surface area contributed by atoms with E-state index in [1.807, 2.05) is 13.8 Å². The van der Waals surface area contributed by atoms with E-state index in [4.69, 9.17) is 14.2 Å². The van der Waals surface area contributed by atoms with Crippen LogP contribution in [0.4, 0.5) is 5.95 Å². The number of aryl methyl sites for hydroxylation is 1. The predicted molar refractivity (Wildman–Crippen MR) is 108 cm³/mol. The molecule has 2 aromatic rings. The van der Waals surface area contributed by atoms with Crippen molar-refractivity contribution in [1.82, 2.24) is 9.97 Å². The number of nitrogens with one attached hydrogen (secondary N) is 1. The molecule has 3 rings (SSSR count). The number of esters is 1. The molecule has 2 heterocycles. The molecular formula is C21H25N3O6. The van der Waals surface area contributed by atoms with E-state index in [2.05, 4.69) is 15.3 Å². The van der Waals surface area contributed by atoms with Gasteiger partial charge < -0.3 is 24.6 Å². The molecule has 1 aliphatic heterocycles. The summed E-state index contributed by atoms with van der Waals surface area (Å²) in [6.07, 6.45) is 2.82. The Morgan fingerprint density at radius 3 is 2.53 bits per heavy atom. The zero-order valence-corrected chi connectivity index (χ0v) is 17.4. The van der Waals surface area contributed by atoms with Gasteiger partial charge in [0.2, 0.25) is 5.95 Å². The van der Waals surface area contributed by atoms with Gasteiger partial charge in [0, 0.05) is 24.2 Å². The van der Waals surface area contributed by atoms with Crippen LogP contribution < -0.4 is 14.8 Å². The molecule has 1 aliphatic rings. The molecule has 9 heteroatoms. The summed E-state index contributed by atoms with van der Waals surface area (Å²) in [4.78, 5) is 32.3. The molecule has 2 N–H and O–H groups in total. The highest BCUT2D eigenvalue weighted by Crippen LogP contribution is 2.40. The average molecular weight is 415 g/mol. The number of ether oxygens (including phenoxy) is 3. The number of anilines is 1. The number of aromatic nitrogens is 2. The number of hydrogen-bond donors (Lipinski definition) is 2. The van der Waals surface area contributed by atoms with Gasteiger partial charge >= 0.3 is 11.9 Å². The average Bonchev–Trinajstić information content (AvgIpc) is 3.02. The van der Waals surface area contributed by atoms with Crippen LogP contribution in [0.2, 0.25) is 0 Å². The maximum absolute atomic E-state index is 12.6. The molecule has 2 atom stereocenters. The molecule has 1 fully saturated rings. The van der Waals surface area contributed by atoms with Gasteiger partial charge in [0.1, 0.15) is 23.1 Å². The first kappa shape index (κ1) is 21.4. The van der Waals surface area contributed by atoms with Gasteiger partial charge in [-0.05, 0) is 25.5 Å². The zero-order chi connectivity index (χ0) is 21.9. The lowest BCUT2D eigenvalue weighted by molar-refractivity contribution is -0.148. The number of methoxy groups -OCH3 is 2. The summed E-state index contributed by atoms with van der Waals surface area (Å²) >= 11 is 0. The van der Waals surface area contributed by atoms with E-state index in [0.717, 1.165) is 12.0 Å². The molecule has 160 valence electrons. The van der Waals surface area contributed by atoms with Gasteiger partial charge in [-0.25, -0.2) is 19.6 Å². The van der Waals surface area contributed by atoms with Gasteiger partial charge in [-0.3, -0.25) is 0 Å². The van der Waals surface area contributed by atoms with Crippen LogP contribution in [0, 0.1) is 0 Å². The molecule has 1 aromatic heterocycles. The summed E-state index contributed by atoms with van der Waals surface area (Å²) in [5, 5.41) is 12.3. The summed E-state index contributed by atoms with van der Waals surface area (Å²) in [7, 11) is 3.11. The summed E-state index contributed by atoms with van der Waals surface area (Å²) < 4.78 is 16.3. The van der Waals surface area contributed by atoms with E-state index in [-0.39, 0.29) is 11.5 Å². The molecule has 0 spiro atoms. The highest BCUT2D eigenvalue weighted by atomic mass is 16.6. The Balaban J connectivity index is 1.84. The molecule has 0 radical (unpaired) electrons. The standard InChI is InChI=1S/C21H25N3O6/c1-5-6-16-15(18(25)26)11-22-20(23-16)24-17-10-21(2,30-19(17)27)12-7-13(28-3)9-14(8-12)29-4/h7-9,11,17H,5-6,10H2,1-4H3,(H,25,26)(H,22,23,24). The van der Waals surface area contributed by atoms with Crippen molar-refractivity contribution in [3.05, 3.63) is 41.2 Å². The second kappa shape index (κ2) is 8.56. The third kappa shape index (κ3) is 4.29. The fourth-order valence-electron chi connectivity index (χ4n) is 3.46. The van der Waals surface area contributed by atoms with Crippen molar-refractivity contribution in [3.63, 3.8) is 0 Å². The van der Waals surface area contributed by atoms with Crippen molar-refractivity contribution >= 4 is 17.9 Å². The molecular weight excluding hydrogens is 390 g/mol. The van der Waals surface area contributed by atoms with Crippen LogP contribution in [0.3, 0.4) is 0 Å². The van der Waals surface area contributed by atoms with Crippen LogP contribution in [0.1, 0.15) is 48.3 Å². The van der Waals surface area contributed by atoms with Gasteiger partial charge in [0.15, 0.2) is 0 Å². The van der Waals surface area contributed by atoms with Crippen molar-refractivity contribution in [3.8, 4) is 11.5 Å². The number of nitrogens with zero attached hydrogens (tertiary/aromatic N) is 2. The van der Waals surface area contributed by atoms with Crippen LogP contribution in [0.15, 0.2) is 24.4 Å². The largest absolute Gasteiger partial charge is 0.497 e. The summed E-state index contributed by atoms with van der Waals surface area (Å²) in [5.74, 6) is -0.144. The van der Waals surface area contributed by atoms with Crippen molar-refractivity contribution < 1.29 is 28.9 Å². The van der Waals surface area contributed by atoms with Crippen molar-refractivity contribution in [2.24, 2.45) is 0 Å². The Labute approximate surface area is 174 Å². The second-order valence-electron chi connectivity index (χ2n) is 7.26. The molecule has 0 aliphatic carbocycles. The number of rotatable bonds is 8. The lowest BCUT2D eigenvalue weighted by atomic mass is 9.91. The predicted octanol–water partition coefficient (Wildman–Crippen LogP) is 2.79. The van der Waals surface area contributed by atoms with Crippen molar-refractivity contribution in [1.29, 1.82) is 0 Å². The monoisotopic (exact) mass is 415 g/mol. The maximum atomic E-state index is 12.6. The first-order chi connectivity index (χ1) is 14.3. The lowest BCUT2D eigenvalue weighted by Crippen LogP contribution is -2.26. The number of carbonyl (C=O) groups is 2. The van der Waals surface area contributed by atoms with Crippen molar-refractivity contribution in [2.75, 3.05) is 19.5 Å². The Hall–Kier alpha value is -3.36. The topological polar surface area (TPSA) is 120 Å². The van der Waals surface area contributed by atoms with Crippen LogP contribution in [-0.4, -0.2) is 47.3 Å². The maximum Gasteiger partial charge on any atom is 0.339 e. The first-order valence-electron chi connectivity index (χ1n) is 9.61. The second-order valence-corrected chi connectivity index (χ2v) is 7.26. The van der Waals surface area contributed by atoms with Gasteiger partial charge in [-0.1, -0.05) is 13.3 Å². The highest BCUT2D eigenvalue weighted by Gasteiger charge is 2.45. The number of aromatic carboxylic acids is 1. The van der Waals surface area contributed by atoms with Crippen LogP contribution in [-0.2, 0) is 21.6 Å². The van der Waals surface area contributed by atoms with Crippen LogP contribution in [0.5, 0.6) is 11.5 Å². The fourth-order valence-corrected chi connectivity index (χ4v) is 3.46. The molecule has 1 saturated heterocycles. The van der Waals surface area contributed by atoms with Gasteiger partial charge in [-0.15, -0.1) is 0 Å². The molecule has 2 unspecified atom stereocenters. The van der Waals surface area contributed by atoms with E-state index in [1.54, 1.807) is 32.4 Å². The number of benzene rings is 1. The van der Waals surface area contributed by atoms with E-state index >= 15 is 0 Å². The minimum Gasteiger partial charge on any atom is -0.497 e. The van der Waals surface area contributed by atoms with Gasteiger partial charge in [-0.2, -0.15) is 0 Å². The molecule has 0 amide bonds. The Bertz CT molecular complexity index is 942. The fraction of sp³-hybridized carbons (Fsp3) is 0.429. The molecule has 30 heavy (non-hydrogen) atoms. The van der Waals surface area contributed by atoms with Crippen molar-refractivity contribution in [2.45, 2.75) is 44.8 Å². The Morgan fingerprint density at radius 1 is 1.30 bits per heavy atom. The normalized spacial score (nSPS) is 20.5. The quantitative estimate of drug-likeness (QED) is 0.627. The molecule has 0 saturated carbocycles. The van der Waals surface area contributed by atoms with Gasteiger partial charge in [0.25, 0.3) is 0 Å². The number of hydrogen-bond acceptors (Lipinski definition) is 8. The minimum atomic E-state index is -1.08. The highest BCUT2D eigenvalue weighted by molar-refractivity contribution is 5.88. The third-order valence-corrected chi connectivity index (χ3v) is 5.05. The number of carbonyl (C=O) groups excluding carboxylic acids is 1. The smallest absolute Gasteiger partial charge is 0.339 e. The van der Waals surface area contributed by atoms with Gasteiger partial charge in [0.05, 0.1) is 25.5 Å². The summed E-state index contributed by atoms with van der Waals surface area (Å²) in [6, 6.07) is 4.66. The lowest BCUT2D eigenvalue weighted by Gasteiger charge is -2.24.